The summed E-state index contributed by atoms with van der Waals surface area (Å²) in [5.41, 5.74) is 11.9. The van der Waals surface area contributed by atoms with Crippen molar-refractivity contribution >= 4 is 37.2 Å². The van der Waals surface area contributed by atoms with Gasteiger partial charge in [-0.05, 0) is 35.1 Å². The van der Waals surface area contributed by atoms with Gasteiger partial charge in [0.15, 0.2) is 0 Å². The third-order valence-electron chi connectivity index (χ3n) is 8.68. The van der Waals surface area contributed by atoms with E-state index >= 15 is 0 Å². The molecule has 1 saturated carbocycles. The second-order valence-corrected chi connectivity index (χ2v) is 14.8. The van der Waals surface area contributed by atoms with Gasteiger partial charge in [0, 0.05) is 13.0 Å². The number of primary amides is 1. The lowest BCUT2D eigenvalue weighted by Gasteiger charge is -2.38. The first-order valence-corrected chi connectivity index (χ1v) is 18.8. The standard InChI is InChI=1S/C37H46N5O9P/c38-21-18-32(44)41-33(34(45)42-37(19-8-3-9-20-37)36(48)40-30(35(46)47)22-31(39)43)29-16-14-28(15-17-29)25-52(49,50-23-26-10-4-1-5-11-26)51-24-27-12-6-2-7-13-27/h1-2,4-7,10-17,30,33H,3,8-9,18-25,38H2,(H2,39,43)(H,40,48)(H,41,44)(H,42,45)(H,46,47)/t30-,33+/m0/s1. The molecule has 52 heavy (non-hydrogen) atoms. The molecule has 0 spiro atoms. The van der Waals surface area contributed by atoms with Gasteiger partial charge in [0.25, 0.3) is 0 Å². The van der Waals surface area contributed by atoms with Crippen molar-refractivity contribution in [2.24, 2.45) is 11.5 Å². The molecular weight excluding hydrogens is 689 g/mol. The number of benzene rings is 3. The summed E-state index contributed by atoms with van der Waals surface area (Å²) in [5, 5.41) is 17.4. The molecule has 3 aromatic carbocycles. The Hall–Kier alpha value is -4.88. The molecule has 0 radical (unpaired) electrons. The molecule has 15 heteroatoms. The van der Waals surface area contributed by atoms with Crippen molar-refractivity contribution in [3.63, 3.8) is 0 Å². The van der Waals surface area contributed by atoms with E-state index in [0.717, 1.165) is 17.5 Å². The zero-order chi connectivity index (χ0) is 37.6. The van der Waals surface area contributed by atoms with E-state index in [1.807, 2.05) is 60.7 Å². The van der Waals surface area contributed by atoms with Crippen molar-refractivity contribution in [2.75, 3.05) is 6.54 Å². The van der Waals surface area contributed by atoms with Crippen molar-refractivity contribution in [3.05, 3.63) is 107 Å². The Morgan fingerprint density at radius 3 is 1.85 bits per heavy atom. The molecule has 14 nitrogen and oxygen atoms in total. The largest absolute Gasteiger partial charge is 0.480 e. The fourth-order valence-electron chi connectivity index (χ4n) is 5.90. The van der Waals surface area contributed by atoms with Gasteiger partial charge in [-0.25, -0.2) is 4.79 Å². The van der Waals surface area contributed by atoms with Crippen molar-refractivity contribution in [1.82, 2.24) is 16.0 Å². The zero-order valence-electron chi connectivity index (χ0n) is 28.8. The smallest absolute Gasteiger partial charge is 0.335 e. The maximum atomic E-state index is 14.1. The number of hydrogen-bond acceptors (Lipinski definition) is 9. The van der Waals surface area contributed by atoms with E-state index in [9.17, 15) is 33.6 Å². The zero-order valence-corrected chi connectivity index (χ0v) is 29.7. The molecule has 0 unspecified atom stereocenters. The van der Waals surface area contributed by atoms with Crippen LogP contribution >= 0.6 is 7.60 Å². The molecule has 278 valence electrons. The molecule has 3 aromatic rings. The Kier molecular flexibility index (Phi) is 14.7. The first-order valence-electron chi connectivity index (χ1n) is 17.1. The van der Waals surface area contributed by atoms with Crippen LogP contribution in [0.25, 0.3) is 0 Å². The summed E-state index contributed by atoms with van der Waals surface area (Å²) in [6.45, 7) is 0.153. The summed E-state index contributed by atoms with van der Waals surface area (Å²) in [5.74, 6) is -4.34. The summed E-state index contributed by atoms with van der Waals surface area (Å²) in [6, 6.07) is 22.2. The lowest BCUT2D eigenvalue weighted by Crippen LogP contribution is -2.63. The number of carboxylic acid groups (broad SMARTS) is 1. The predicted molar refractivity (Wildman–Crippen MR) is 192 cm³/mol. The minimum atomic E-state index is -3.71. The molecule has 1 fully saturated rings. The highest BCUT2D eigenvalue weighted by molar-refractivity contribution is 7.52. The average molecular weight is 736 g/mol. The molecule has 4 amide bonds. The summed E-state index contributed by atoms with van der Waals surface area (Å²) in [7, 11) is -3.71. The summed E-state index contributed by atoms with van der Waals surface area (Å²) >= 11 is 0. The summed E-state index contributed by atoms with van der Waals surface area (Å²) < 4.78 is 25.9. The van der Waals surface area contributed by atoms with Gasteiger partial charge < -0.3 is 41.6 Å². The molecule has 2 atom stereocenters. The fourth-order valence-corrected chi connectivity index (χ4v) is 7.50. The minimum absolute atomic E-state index is 0.0309. The highest BCUT2D eigenvalue weighted by Gasteiger charge is 2.44. The first kappa shape index (κ1) is 39.9. The lowest BCUT2D eigenvalue weighted by molar-refractivity contribution is -0.145. The van der Waals surface area contributed by atoms with Gasteiger partial charge in [-0.1, -0.05) is 104 Å². The van der Waals surface area contributed by atoms with Crippen LogP contribution < -0.4 is 27.4 Å². The Morgan fingerprint density at radius 2 is 1.35 bits per heavy atom. The normalized spacial score (nSPS) is 15.1. The number of nitrogens with one attached hydrogen (secondary N) is 3. The molecule has 4 rings (SSSR count). The summed E-state index contributed by atoms with van der Waals surface area (Å²) in [4.78, 5) is 63.6. The number of carbonyl (C=O) groups is 5. The molecule has 0 aliphatic heterocycles. The second-order valence-electron chi connectivity index (χ2n) is 12.7. The van der Waals surface area contributed by atoms with Crippen LogP contribution in [-0.2, 0) is 57.0 Å². The van der Waals surface area contributed by atoms with Crippen LogP contribution in [0, 0.1) is 0 Å². The van der Waals surface area contributed by atoms with Gasteiger partial charge in [-0.3, -0.25) is 23.7 Å². The van der Waals surface area contributed by atoms with E-state index in [0.29, 0.717) is 24.0 Å². The van der Waals surface area contributed by atoms with E-state index < -0.39 is 61.2 Å². The maximum Gasteiger partial charge on any atom is 0.335 e. The SMILES string of the molecule is NCCC(=O)N[C@@H](C(=O)NC1(C(=O)N[C@@H](CC(N)=O)C(=O)O)CCCCC1)c1ccc(CP(=O)(OCc2ccccc2)OCc2ccccc2)cc1. The molecule has 0 aromatic heterocycles. The van der Waals surface area contributed by atoms with Crippen LogP contribution in [-0.4, -0.2) is 52.8 Å². The number of carbonyl (C=O) groups excluding carboxylic acids is 4. The molecule has 0 heterocycles. The quantitative estimate of drug-likeness (QED) is 0.0981. The van der Waals surface area contributed by atoms with E-state index in [4.69, 9.17) is 20.5 Å². The Balaban J connectivity index is 1.56. The van der Waals surface area contributed by atoms with E-state index in [-0.39, 0.29) is 45.2 Å². The monoisotopic (exact) mass is 735 g/mol. The second kappa shape index (κ2) is 19.1. The van der Waals surface area contributed by atoms with Crippen LogP contribution in [0.15, 0.2) is 84.9 Å². The molecule has 1 aliphatic rings. The van der Waals surface area contributed by atoms with Crippen LogP contribution in [0.2, 0.25) is 0 Å². The Morgan fingerprint density at radius 1 is 0.788 bits per heavy atom. The predicted octanol–water partition coefficient (Wildman–Crippen LogP) is 3.58. The highest BCUT2D eigenvalue weighted by atomic mass is 31.2. The molecular formula is C37H46N5O9P. The van der Waals surface area contributed by atoms with Gasteiger partial charge in [0.1, 0.15) is 17.6 Å². The van der Waals surface area contributed by atoms with Gasteiger partial charge >= 0.3 is 13.6 Å². The van der Waals surface area contributed by atoms with Crippen molar-refractivity contribution < 1.29 is 42.7 Å². The average Bonchev–Trinajstić information content (AvgIpc) is 3.13. The van der Waals surface area contributed by atoms with E-state index in [2.05, 4.69) is 16.0 Å². The molecule has 1 aliphatic carbocycles. The van der Waals surface area contributed by atoms with Crippen LogP contribution in [0.3, 0.4) is 0 Å². The highest BCUT2D eigenvalue weighted by Crippen LogP contribution is 2.53. The number of carboxylic acids is 1. The van der Waals surface area contributed by atoms with Crippen molar-refractivity contribution in [1.29, 1.82) is 0 Å². The minimum Gasteiger partial charge on any atom is -0.480 e. The topological polar surface area (TPSA) is 229 Å². The number of hydrogen-bond donors (Lipinski definition) is 6. The van der Waals surface area contributed by atoms with E-state index in [1.54, 1.807) is 24.3 Å². The van der Waals surface area contributed by atoms with Gasteiger partial charge in [-0.15, -0.1) is 0 Å². The summed E-state index contributed by atoms with van der Waals surface area (Å²) in [6.07, 6.45) is 1.56. The van der Waals surface area contributed by atoms with E-state index in [1.165, 1.54) is 0 Å². The maximum absolute atomic E-state index is 14.1. The first-order chi connectivity index (χ1) is 24.9. The van der Waals surface area contributed by atoms with Crippen LogP contribution in [0.1, 0.15) is 73.2 Å². The van der Waals surface area contributed by atoms with Gasteiger partial charge in [-0.2, -0.15) is 0 Å². The Bertz CT molecular complexity index is 1670. The number of amides is 4. The van der Waals surface area contributed by atoms with Gasteiger partial charge in [0.05, 0.1) is 25.8 Å². The number of nitrogens with two attached hydrogens (primary N) is 2. The molecule has 0 saturated heterocycles. The van der Waals surface area contributed by atoms with Crippen molar-refractivity contribution in [2.45, 2.75) is 81.9 Å². The Labute approximate surface area is 302 Å². The van der Waals surface area contributed by atoms with Crippen molar-refractivity contribution in [3.8, 4) is 0 Å². The van der Waals surface area contributed by atoms with Crippen LogP contribution in [0.4, 0.5) is 0 Å². The fraction of sp³-hybridized carbons (Fsp3) is 0.378. The van der Waals surface area contributed by atoms with Crippen LogP contribution in [0.5, 0.6) is 0 Å². The number of aliphatic carboxylic acids is 1. The van der Waals surface area contributed by atoms with Gasteiger partial charge in [0.2, 0.25) is 23.6 Å². The number of rotatable bonds is 19. The lowest BCUT2D eigenvalue weighted by atomic mass is 9.80. The third-order valence-corrected chi connectivity index (χ3v) is 10.5. The molecule has 8 N–H and O–H groups in total. The third kappa shape index (κ3) is 11.8. The molecule has 0 bridgehead atoms.